The van der Waals surface area contributed by atoms with Gasteiger partial charge < -0.3 is 0 Å². The largest absolute Gasteiger partial charge is 0.329 e. The van der Waals surface area contributed by atoms with Crippen LogP contribution in [0.4, 0.5) is 0 Å². The fraction of sp³-hybridized carbons (Fsp3) is 0.625. The van der Waals surface area contributed by atoms with Crippen LogP contribution >= 0.6 is 15.9 Å². The summed E-state index contributed by atoms with van der Waals surface area (Å²) in [4.78, 5) is 11.5. The van der Waals surface area contributed by atoms with Gasteiger partial charge in [0.1, 0.15) is 4.60 Å². The molecule has 1 aromatic rings. The number of imidazole rings is 1. The highest BCUT2D eigenvalue weighted by molar-refractivity contribution is 9.10. The summed E-state index contributed by atoms with van der Waals surface area (Å²) < 4.78 is 4.24. The molecule has 0 aliphatic rings. The van der Waals surface area contributed by atoms with Crippen molar-refractivity contribution in [3.8, 4) is 0 Å². The summed E-state index contributed by atoms with van der Waals surface area (Å²) in [6.07, 6.45) is 0. The van der Waals surface area contributed by atoms with E-state index in [4.69, 9.17) is 0 Å². The molecule has 0 saturated heterocycles. The van der Waals surface area contributed by atoms with Gasteiger partial charge >= 0.3 is 5.69 Å². The molecular weight excluding hydrogens is 220 g/mol. The Hall–Kier alpha value is -0.510. The molecular formula is C8H13BrN2O. The molecule has 0 bridgehead atoms. The zero-order valence-corrected chi connectivity index (χ0v) is 9.34. The number of halogens is 1. The van der Waals surface area contributed by atoms with E-state index >= 15 is 0 Å². The first-order valence-corrected chi connectivity index (χ1v) is 4.69. The lowest BCUT2D eigenvalue weighted by Gasteiger charge is -2.06. The maximum atomic E-state index is 11.5. The van der Waals surface area contributed by atoms with Gasteiger partial charge in [0.2, 0.25) is 0 Å². The molecule has 0 aliphatic heterocycles. The summed E-state index contributed by atoms with van der Waals surface area (Å²) in [7, 11) is 1.76. The van der Waals surface area contributed by atoms with Crippen LogP contribution in [0.2, 0.25) is 0 Å². The molecule has 68 valence electrons. The maximum absolute atomic E-state index is 11.5. The summed E-state index contributed by atoms with van der Waals surface area (Å²) in [5, 5.41) is 0. The monoisotopic (exact) mass is 232 g/mol. The Morgan fingerprint density at radius 1 is 1.42 bits per heavy atom. The maximum Gasteiger partial charge on any atom is 0.329 e. The standard InChI is InChI=1S/C8H13BrN2O/c1-5(2)11-6(3)7(9)10(4)8(11)12/h5H,1-4H3. The zero-order valence-electron chi connectivity index (χ0n) is 7.76. The van der Waals surface area contributed by atoms with Crippen LogP contribution in [0.25, 0.3) is 0 Å². The summed E-state index contributed by atoms with van der Waals surface area (Å²) in [6.45, 7) is 5.94. The summed E-state index contributed by atoms with van der Waals surface area (Å²) in [5.74, 6) is 0. The van der Waals surface area contributed by atoms with E-state index in [0.29, 0.717) is 0 Å². The Balaban J connectivity index is 3.49. The van der Waals surface area contributed by atoms with Crippen LogP contribution in [-0.4, -0.2) is 9.13 Å². The molecule has 0 atom stereocenters. The molecule has 12 heavy (non-hydrogen) atoms. The minimum Gasteiger partial charge on any atom is -0.293 e. The Morgan fingerprint density at radius 2 is 1.92 bits per heavy atom. The van der Waals surface area contributed by atoms with Gasteiger partial charge in [0.05, 0.1) is 5.69 Å². The molecule has 3 nitrogen and oxygen atoms in total. The van der Waals surface area contributed by atoms with E-state index in [1.54, 1.807) is 16.2 Å². The summed E-state index contributed by atoms with van der Waals surface area (Å²) >= 11 is 3.36. The molecule has 0 N–H and O–H groups in total. The van der Waals surface area contributed by atoms with Crippen LogP contribution in [0.15, 0.2) is 9.40 Å². The van der Waals surface area contributed by atoms with Crippen molar-refractivity contribution in [3.05, 3.63) is 20.8 Å². The SMILES string of the molecule is Cc1c(Br)n(C)c(=O)n1C(C)C. The first-order valence-electron chi connectivity index (χ1n) is 3.90. The van der Waals surface area contributed by atoms with E-state index < -0.39 is 0 Å². The van der Waals surface area contributed by atoms with Gasteiger partial charge in [-0.3, -0.25) is 9.13 Å². The van der Waals surface area contributed by atoms with Gasteiger partial charge in [-0.25, -0.2) is 4.79 Å². The third-order valence-electron chi connectivity index (χ3n) is 1.96. The van der Waals surface area contributed by atoms with Gasteiger partial charge in [-0.2, -0.15) is 0 Å². The second-order valence-electron chi connectivity index (χ2n) is 3.18. The molecule has 0 spiro atoms. The third kappa shape index (κ3) is 1.24. The topological polar surface area (TPSA) is 26.9 Å². The van der Waals surface area contributed by atoms with Gasteiger partial charge in [-0.05, 0) is 36.7 Å². The molecule has 1 rings (SSSR count). The van der Waals surface area contributed by atoms with Gasteiger partial charge in [0, 0.05) is 13.1 Å². The molecule has 0 aromatic carbocycles. The Kier molecular flexibility index (Phi) is 2.46. The van der Waals surface area contributed by atoms with E-state index in [0.717, 1.165) is 10.3 Å². The minimum atomic E-state index is 0.0365. The second-order valence-corrected chi connectivity index (χ2v) is 3.93. The van der Waals surface area contributed by atoms with E-state index in [-0.39, 0.29) is 11.7 Å². The lowest BCUT2D eigenvalue weighted by Crippen LogP contribution is -2.24. The van der Waals surface area contributed by atoms with Crippen molar-refractivity contribution in [3.63, 3.8) is 0 Å². The van der Waals surface area contributed by atoms with Gasteiger partial charge in [-0.15, -0.1) is 0 Å². The van der Waals surface area contributed by atoms with Gasteiger partial charge in [0.15, 0.2) is 0 Å². The smallest absolute Gasteiger partial charge is 0.293 e. The van der Waals surface area contributed by atoms with E-state index in [1.165, 1.54) is 0 Å². The minimum absolute atomic E-state index is 0.0365. The van der Waals surface area contributed by atoms with Crippen LogP contribution in [-0.2, 0) is 7.05 Å². The van der Waals surface area contributed by atoms with Crippen molar-refractivity contribution >= 4 is 15.9 Å². The number of hydrogen-bond acceptors (Lipinski definition) is 1. The molecule has 0 saturated carbocycles. The molecule has 0 unspecified atom stereocenters. The fourth-order valence-electron chi connectivity index (χ4n) is 1.34. The molecule has 4 heteroatoms. The molecule has 0 radical (unpaired) electrons. The highest BCUT2D eigenvalue weighted by Crippen LogP contribution is 2.16. The highest BCUT2D eigenvalue weighted by Gasteiger charge is 2.13. The number of nitrogens with zero attached hydrogens (tertiary/aromatic N) is 2. The van der Waals surface area contributed by atoms with E-state index in [2.05, 4.69) is 15.9 Å². The van der Waals surface area contributed by atoms with Crippen LogP contribution < -0.4 is 5.69 Å². The molecule has 0 amide bonds. The first-order chi connectivity index (χ1) is 5.46. The van der Waals surface area contributed by atoms with Crippen molar-refractivity contribution in [1.29, 1.82) is 0 Å². The Bertz CT molecular complexity index is 349. The van der Waals surface area contributed by atoms with Crippen molar-refractivity contribution in [2.45, 2.75) is 26.8 Å². The predicted molar refractivity (Wildman–Crippen MR) is 52.5 cm³/mol. The average molecular weight is 233 g/mol. The number of hydrogen-bond donors (Lipinski definition) is 0. The molecule has 1 aromatic heterocycles. The Labute approximate surface area is 80.1 Å². The van der Waals surface area contributed by atoms with Crippen LogP contribution in [0.3, 0.4) is 0 Å². The van der Waals surface area contributed by atoms with Crippen molar-refractivity contribution in [1.82, 2.24) is 9.13 Å². The normalized spacial score (nSPS) is 11.2. The highest BCUT2D eigenvalue weighted by atomic mass is 79.9. The summed E-state index contributed by atoms with van der Waals surface area (Å²) in [5.41, 5.74) is 1.02. The zero-order chi connectivity index (χ0) is 9.46. The van der Waals surface area contributed by atoms with E-state index in [1.807, 2.05) is 20.8 Å². The third-order valence-corrected chi connectivity index (χ3v) is 3.07. The van der Waals surface area contributed by atoms with Crippen LogP contribution in [0.5, 0.6) is 0 Å². The number of aromatic nitrogens is 2. The summed E-state index contributed by atoms with van der Waals surface area (Å²) in [6, 6.07) is 0.218. The fourth-order valence-corrected chi connectivity index (χ4v) is 1.68. The van der Waals surface area contributed by atoms with Crippen LogP contribution in [0, 0.1) is 6.92 Å². The van der Waals surface area contributed by atoms with E-state index in [9.17, 15) is 4.79 Å². The van der Waals surface area contributed by atoms with Gasteiger partial charge in [0.25, 0.3) is 0 Å². The lowest BCUT2D eigenvalue weighted by molar-refractivity contribution is 0.556. The predicted octanol–water partition coefficient (Wildman–Crippen LogP) is 1.84. The van der Waals surface area contributed by atoms with Crippen molar-refractivity contribution in [2.24, 2.45) is 7.05 Å². The molecule has 0 aliphatic carbocycles. The molecule has 0 fully saturated rings. The lowest BCUT2D eigenvalue weighted by atomic mass is 10.4. The quantitative estimate of drug-likeness (QED) is 0.727. The van der Waals surface area contributed by atoms with Crippen molar-refractivity contribution in [2.75, 3.05) is 0 Å². The molecule has 1 heterocycles. The van der Waals surface area contributed by atoms with Crippen molar-refractivity contribution < 1.29 is 0 Å². The van der Waals surface area contributed by atoms with Gasteiger partial charge in [-0.1, -0.05) is 0 Å². The average Bonchev–Trinajstić information content (AvgIpc) is 2.16. The second kappa shape index (κ2) is 3.09. The first kappa shape index (κ1) is 9.58. The number of rotatable bonds is 1. The Morgan fingerprint density at radius 3 is 2.08 bits per heavy atom. The van der Waals surface area contributed by atoms with Crippen LogP contribution in [0.1, 0.15) is 25.6 Å².